The fourth-order valence-electron chi connectivity index (χ4n) is 4.68. The van der Waals surface area contributed by atoms with Crippen LogP contribution in [0.1, 0.15) is 53.0 Å². The first kappa shape index (κ1) is 21.4. The summed E-state index contributed by atoms with van der Waals surface area (Å²) >= 11 is 0. The molecule has 0 aliphatic heterocycles. The third-order valence-corrected chi connectivity index (χ3v) is 14.9. The fraction of sp³-hybridized carbons (Fsp3) is 0.583. The van der Waals surface area contributed by atoms with E-state index in [0.29, 0.717) is 0 Å². The molecule has 0 aromatic heterocycles. The van der Waals surface area contributed by atoms with Gasteiger partial charge in [0.25, 0.3) is 0 Å². The Bertz CT molecular complexity index is 748. The molecule has 0 N–H and O–H groups in total. The molecule has 0 heterocycles. The number of rotatable bonds is 6. The molecule has 0 spiro atoms. The molecule has 0 saturated heterocycles. The quantitative estimate of drug-likeness (QED) is 0.480. The van der Waals surface area contributed by atoms with Crippen molar-refractivity contribution in [3.63, 3.8) is 0 Å². The van der Waals surface area contributed by atoms with E-state index in [1.807, 2.05) is 0 Å². The molecule has 26 heavy (non-hydrogen) atoms. The third kappa shape index (κ3) is 3.60. The van der Waals surface area contributed by atoms with Gasteiger partial charge in [-0.1, -0.05) is 110 Å². The minimum Gasteiger partial charge on any atom is -0.0737 e. The molecule has 0 amide bonds. The van der Waals surface area contributed by atoms with Gasteiger partial charge in [0.05, 0.1) is 16.1 Å². The standard InChI is InChI=1S/C24H40Si2/c1-11-12-13-26(10,24(6)17-19(3)20(4)21(24)5)23-15-18(2)14-22(16-23)25(7,8)9/h14-17H,11-13H2,1-10H3. The summed E-state index contributed by atoms with van der Waals surface area (Å²) in [4.78, 5) is 0. The Hall–Kier alpha value is -0.866. The SMILES string of the molecule is CCCC[Si](C)(c1cc(C)cc([Si](C)(C)C)c1)C1(C)C=C(C)C(C)=C1C. The van der Waals surface area contributed by atoms with Crippen molar-refractivity contribution in [3.05, 3.63) is 46.6 Å². The van der Waals surface area contributed by atoms with Crippen LogP contribution in [0.25, 0.3) is 0 Å². The third-order valence-electron chi connectivity index (χ3n) is 7.20. The first-order chi connectivity index (χ1) is 11.9. The van der Waals surface area contributed by atoms with Crippen LogP contribution < -0.4 is 10.4 Å². The first-order valence-corrected chi connectivity index (χ1v) is 16.6. The predicted octanol–water partition coefficient (Wildman–Crippen LogP) is 6.68. The van der Waals surface area contributed by atoms with Crippen molar-refractivity contribution >= 4 is 26.5 Å². The molecule has 144 valence electrons. The van der Waals surface area contributed by atoms with Gasteiger partial charge in [0.15, 0.2) is 0 Å². The summed E-state index contributed by atoms with van der Waals surface area (Å²) in [5, 5.41) is 3.55. The number of aryl methyl sites for hydroxylation is 1. The Morgan fingerprint density at radius 2 is 1.46 bits per heavy atom. The summed E-state index contributed by atoms with van der Waals surface area (Å²) in [6, 6.07) is 8.98. The molecular formula is C24H40Si2. The van der Waals surface area contributed by atoms with Gasteiger partial charge >= 0.3 is 0 Å². The predicted molar refractivity (Wildman–Crippen MR) is 126 cm³/mol. The zero-order valence-corrected chi connectivity index (χ0v) is 20.9. The Morgan fingerprint density at radius 3 is 1.92 bits per heavy atom. The lowest BCUT2D eigenvalue weighted by Crippen LogP contribution is -2.55. The van der Waals surface area contributed by atoms with Gasteiger partial charge in [-0.3, -0.25) is 0 Å². The average molecular weight is 385 g/mol. The lowest BCUT2D eigenvalue weighted by atomic mass is 10.0. The van der Waals surface area contributed by atoms with E-state index in [1.165, 1.54) is 35.6 Å². The number of unbranched alkanes of at least 4 members (excludes halogenated alkanes) is 1. The summed E-state index contributed by atoms with van der Waals surface area (Å²) in [5.74, 6) is 0. The Labute approximate surface area is 164 Å². The molecule has 2 heteroatoms. The molecule has 0 saturated carbocycles. The normalized spacial score (nSPS) is 23.2. The molecule has 0 bridgehead atoms. The van der Waals surface area contributed by atoms with Gasteiger partial charge in [0.2, 0.25) is 0 Å². The highest BCUT2D eigenvalue weighted by molar-refractivity contribution is 6.95. The Balaban J connectivity index is 2.72. The van der Waals surface area contributed by atoms with Crippen LogP contribution in [-0.2, 0) is 0 Å². The largest absolute Gasteiger partial charge is 0.0976 e. The summed E-state index contributed by atoms with van der Waals surface area (Å²) in [7, 11) is -3.06. The van der Waals surface area contributed by atoms with Crippen molar-refractivity contribution in [2.24, 2.45) is 0 Å². The molecular weight excluding hydrogens is 344 g/mol. The summed E-state index contributed by atoms with van der Waals surface area (Å²) in [6.45, 7) is 24.3. The molecule has 0 radical (unpaired) electrons. The van der Waals surface area contributed by atoms with Gasteiger partial charge in [-0.15, -0.1) is 0 Å². The van der Waals surface area contributed by atoms with E-state index >= 15 is 0 Å². The summed E-state index contributed by atoms with van der Waals surface area (Å²) < 4.78 is 0. The number of allylic oxidation sites excluding steroid dienone is 4. The highest BCUT2D eigenvalue weighted by Crippen LogP contribution is 2.54. The van der Waals surface area contributed by atoms with Gasteiger partial charge in [-0.05, 0) is 33.3 Å². The van der Waals surface area contributed by atoms with Crippen LogP contribution in [0, 0.1) is 6.92 Å². The Morgan fingerprint density at radius 1 is 0.885 bits per heavy atom. The van der Waals surface area contributed by atoms with Gasteiger partial charge in [0.1, 0.15) is 0 Å². The van der Waals surface area contributed by atoms with Crippen LogP contribution in [0.15, 0.2) is 41.0 Å². The summed E-state index contributed by atoms with van der Waals surface area (Å²) in [6.07, 6.45) is 5.25. The molecule has 0 nitrogen and oxygen atoms in total. The van der Waals surface area contributed by atoms with Gasteiger partial charge in [-0.2, -0.15) is 0 Å². The maximum absolute atomic E-state index is 2.66. The minimum atomic E-state index is -1.74. The van der Waals surface area contributed by atoms with Crippen molar-refractivity contribution in [1.82, 2.24) is 0 Å². The van der Waals surface area contributed by atoms with E-state index in [9.17, 15) is 0 Å². The van der Waals surface area contributed by atoms with Crippen LogP contribution >= 0.6 is 0 Å². The molecule has 2 rings (SSSR count). The van der Waals surface area contributed by atoms with Crippen molar-refractivity contribution in [3.8, 4) is 0 Å². The lowest BCUT2D eigenvalue weighted by Gasteiger charge is -2.44. The molecule has 1 aliphatic rings. The molecule has 2 atom stereocenters. The minimum absolute atomic E-state index is 0.237. The van der Waals surface area contributed by atoms with Crippen LogP contribution in [0.3, 0.4) is 0 Å². The maximum atomic E-state index is 2.66. The van der Waals surface area contributed by atoms with Crippen molar-refractivity contribution in [2.45, 2.75) is 91.7 Å². The fourth-order valence-corrected chi connectivity index (χ4v) is 11.1. The lowest BCUT2D eigenvalue weighted by molar-refractivity contribution is 0.803. The topological polar surface area (TPSA) is 0 Å². The van der Waals surface area contributed by atoms with E-state index in [0.717, 1.165) is 0 Å². The van der Waals surface area contributed by atoms with Gasteiger partial charge in [-0.25, -0.2) is 0 Å². The maximum Gasteiger partial charge on any atom is 0.0976 e. The molecule has 2 unspecified atom stereocenters. The van der Waals surface area contributed by atoms with Crippen molar-refractivity contribution in [1.29, 1.82) is 0 Å². The average Bonchev–Trinajstić information content (AvgIpc) is 2.75. The van der Waals surface area contributed by atoms with E-state index in [4.69, 9.17) is 0 Å². The molecule has 0 fully saturated rings. The highest BCUT2D eigenvalue weighted by Gasteiger charge is 2.49. The van der Waals surface area contributed by atoms with Crippen LogP contribution in [-0.4, -0.2) is 16.1 Å². The van der Waals surface area contributed by atoms with Gasteiger partial charge in [0, 0.05) is 5.04 Å². The summed E-state index contributed by atoms with van der Waals surface area (Å²) in [5.41, 5.74) is 6.10. The zero-order chi connectivity index (χ0) is 19.9. The number of benzene rings is 1. The number of hydrogen-bond acceptors (Lipinski definition) is 0. The van der Waals surface area contributed by atoms with Crippen LogP contribution in [0.4, 0.5) is 0 Å². The van der Waals surface area contributed by atoms with E-state index < -0.39 is 16.1 Å². The highest BCUT2D eigenvalue weighted by atomic mass is 28.3. The van der Waals surface area contributed by atoms with Crippen LogP contribution in [0.2, 0.25) is 37.3 Å². The second-order valence-corrected chi connectivity index (χ2v) is 19.9. The van der Waals surface area contributed by atoms with E-state index in [1.54, 1.807) is 15.9 Å². The van der Waals surface area contributed by atoms with Crippen molar-refractivity contribution in [2.75, 3.05) is 0 Å². The Kier molecular flexibility index (Phi) is 6.00. The van der Waals surface area contributed by atoms with Gasteiger partial charge < -0.3 is 0 Å². The second kappa shape index (κ2) is 7.28. The molecule has 1 aliphatic carbocycles. The second-order valence-electron chi connectivity index (χ2n) is 10.1. The molecule has 1 aromatic rings. The molecule has 1 aromatic carbocycles. The van der Waals surface area contributed by atoms with E-state index in [2.05, 4.69) is 92.0 Å². The smallest absolute Gasteiger partial charge is 0.0737 e. The number of hydrogen-bond donors (Lipinski definition) is 0. The van der Waals surface area contributed by atoms with E-state index in [-0.39, 0.29) is 5.04 Å². The monoisotopic (exact) mass is 384 g/mol. The zero-order valence-electron chi connectivity index (χ0n) is 18.9. The first-order valence-electron chi connectivity index (χ1n) is 10.4. The van der Waals surface area contributed by atoms with Crippen molar-refractivity contribution < 1.29 is 0 Å². The van der Waals surface area contributed by atoms with Crippen LogP contribution in [0.5, 0.6) is 0 Å².